The van der Waals surface area contributed by atoms with Gasteiger partial charge in [-0.25, -0.2) is 9.59 Å². The van der Waals surface area contributed by atoms with E-state index in [1.165, 1.54) is 0 Å². The molecule has 0 aliphatic heterocycles. The topological polar surface area (TPSA) is 115 Å². The number of hydrogen-bond acceptors (Lipinski definition) is 4. The minimum absolute atomic E-state index is 0.283. The number of aliphatic hydroxyl groups is 2. The van der Waals surface area contributed by atoms with Crippen molar-refractivity contribution < 1.29 is 30.0 Å². The van der Waals surface area contributed by atoms with E-state index in [0.29, 0.717) is 11.1 Å². The molecule has 2 rings (SSSR count). The maximum atomic E-state index is 10.2. The Morgan fingerprint density at radius 2 is 0.885 bits per heavy atom. The number of carboxylic acids is 2. The van der Waals surface area contributed by atoms with Crippen LogP contribution in [0.15, 0.2) is 60.7 Å². The first-order chi connectivity index (χ1) is 12.5. The summed E-state index contributed by atoms with van der Waals surface area (Å²) in [5, 5.41) is 33.4. The highest BCUT2D eigenvalue weighted by Crippen LogP contribution is 1.97. The number of hydrogen-bond donors (Lipinski definition) is 4. The average Bonchev–Trinajstić information content (AvgIpc) is 2.68. The summed E-state index contributed by atoms with van der Waals surface area (Å²) in [7, 11) is 0. The van der Waals surface area contributed by atoms with Gasteiger partial charge in [0.1, 0.15) is 0 Å². The second-order valence-electron chi connectivity index (χ2n) is 5.20. The van der Waals surface area contributed by atoms with Crippen molar-refractivity contribution in [1.82, 2.24) is 0 Å². The van der Waals surface area contributed by atoms with Crippen molar-refractivity contribution in [2.45, 2.75) is 25.7 Å². The van der Waals surface area contributed by atoms with Gasteiger partial charge >= 0.3 is 11.9 Å². The summed E-state index contributed by atoms with van der Waals surface area (Å²) >= 11 is 0. The van der Waals surface area contributed by atoms with Crippen LogP contribution in [-0.2, 0) is 0 Å². The second-order valence-corrected chi connectivity index (χ2v) is 5.20. The number of aromatic carboxylic acids is 2. The molecule has 0 aliphatic rings. The minimum atomic E-state index is -0.879. The fraction of sp³-hybridized carbons (Fsp3) is 0.300. The molecule has 6 nitrogen and oxygen atoms in total. The van der Waals surface area contributed by atoms with Crippen molar-refractivity contribution in [3.05, 3.63) is 71.8 Å². The lowest BCUT2D eigenvalue weighted by molar-refractivity contribution is 0.0686. The van der Waals surface area contributed by atoms with E-state index in [2.05, 4.69) is 0 Å². The highest BCUT2D eigenvalue weighted by atomic mass is 16.4. The molecule has 0 unspecified atom stereocenters. The van der Waals surface area contributed by atoms with E-state index >= 15 is 0 Å². The van der Waals surface area contributed by atoms with E-state index in [9.17, 15) is 9.59 Å². The van der Waals surface area contributed by atoms with Crippen LogP contribution in [0.5, 0.6) is 0 Å². The highest BCUT2D eigenvalue weighted by Gasteiger charge is 1.97. The van der Waals surface area contributed by atoms with Gasteiger partial charge in [0.2, 0.25) is 0 Å². The Morgan fingerprint density at radius 3 is 1.08 bits per heavy atom. The molecule has 0 fully saturated rings. The third kappa shape index (κ3) is 12.7. The van der Waals surface area contributed by atoms with Crippen LogP contribution in [0.25, 0.3) is 0 Å². The molecule has 0 saturated heterocycles. The molecule has 0 heterocycles. The molecule has 0 bridgehead atoms. The summed E-state index contributed by atoms with van der Waals surface area (Å²) in [5.74, 6) is -1.76. The lowest BCUT2D eigenvalue weighted by atomic mass is 10.2. The molecule has 0 aromatic heterocycles. The smallest absolute Gasteiger partial charge is 0.335 e. The average molecular weight is 362 g/mol. The summed E-state index contributed by atoms with van der Waals surface area (Å²) in [4.78, 5) is 20.4. The van der Waals surface area contributed by atoms with E-state index in [1.807, 2.05) is 0 Å². The number of unbranched alkanes of at least 4 members (excludes halogenated alkanes) is 3. The van der Waals surface area contributed by atoms with Gasteiger partial charge in [0, 0.05) is 13.2 Å². The van der Waals surface area contributed by atoms with Gasteiger partial charge in [0.15, 0.2) is 0 Å². The number of carboxylic acid groups (broad SMARTS) is 2. The van der Waals surface area contributed by atoms with E-state index in [0.717, 1.165) is 25.7 Å². The SMILES string of the molecule is O=C(O)c1ccccc1.O=C(O)c1ccccc1.OCCCCCCO. The fourth-order valence-electron chi connectivity index (χ4n) is 1.74. The van der Waals surface area contributed by atoms with Crippen molar-refractivity contribution in [1.29, 1.82) is 0 Å². The molecule has 2 aromatic rings. The lowest BCUT2D eigenvalue weighted by Gasteiger charge is -1.93. The zero-order chi connectivity index (χ0) is 19.6. The molecule has 0 saturated carbocycles. The van der Waals surface area contributed by atoms with Crippen LogP contribution in [-0.4, -0.2) is 45.6 Å². The molecule has 2 aromatic carbocycles. The van der Waals surface area contributed by atoms with E-state index in [-0.39, 0.29) is 13.2 Å². The van der Waals surface area contributed by atoms with Crippen LogP contribution in [0.1, 0.15) is 46.4 Å². The van der Waals surface area contributed by atoms with Crippen molar-refractivity contribution >= 4 is 11.9 Å². The monoisotopic (exact) mass is 362 g/mol. The summed E-state index contributed by atoms with van der Waals surface area (Å²) in [6.45, 7) is 0.566. The molecule has 0 aliphatic carbocycles. The van der Waals surface area contributed by atoms with Gasteiger partial charge in [-0.1, -0.05) is 49.2 Å². The zero-order valence-corrected chi connectivity index (χ0v) is 14.6. The van der Waals surface area contributed by atoms with Gasteiger partial charge in [-0.05, 0) is 37.1 Å². The third-order valence-electron chi connectivity index (χ3n) is 3.11. The molecule has 4 N–H and O–H groups in total. The Labute approximate surface area is 153 Å². The van der Waals surface area contributed by atoms with Gasteiger partial charge < -0.3 is 20.4 Å². The molecule has 26 heavy (non-hydrogen) atoms. The Kier molecular flexibility index (Phi) is 14.2. The number of benzene rings is 2. The predicted molar refractivity (Wildman–Crippen MR) is 99.4 cm³/mol. The van der Waals surface area contributed by atoms with E-state index in [1.54, 1.807) is 60.7 Å². The van der Waals surface area contributed by atoms with Crippen LogP contribution < -0.4 is 0 Å². The first-order valence-corrected chi connectivity index (χ1v) is 8.31. The number of rotatable bonds is 7. The summed E-state index contributed by atoms with van der Waals surface area (Å²) in [5.41, 5.74) is 0.662. The molecular formula is C20H26O6. The van der Waals surface area contributed by atoms with Gasteiger partial charge in [-0.2, -0.15) is 0 Å². The lowest BCUT2D eigenvalue weighted by Crippen LogP contribution is -1.93. The largest absolute Gasteiger partial charge is 0.478 e. The maximum absolute atomic E-state index is 10.2. The first-order valence-electron chi connectivity index (χ1n) is 8.31. The maximum Gasteiger partial charge on any atom is 0.335 e. The molecule has 6 heteroatoms. The number of aliphatic hydroxyl groups excluding tert-OH is 2. The normalized spacial score (nSPS) is 9.15. The summed E-state index contributed by atoms with van der Waals surface area (Å²) in [6, 6.07) is 16.6. The van der Waals surface area contributed by atoms with Crippen LogP contribution in [0.2, 0.25) is 0 Å². The van der Waals surface area contributed by atoms with E-state index < -0.39 is 11.9 Å². The second kappa shape index (κ2) is 15.8. The van der Waals surface area contributed by atoms with Crippen molar-refractivity contribution in [2.24, 2.45) is 0 Å². The Balaban J connectivity index is 0.000000362. The van der Waals surface area contributed by atoms with Crippen LogP contribution in [0, 0.1) is 0 Å². The Bertz CT molecular complexity index is 543. The van der Waals surface area contributed by atoms with Crippen LogP contribution >= 0.6 is 0 Å². The molecule has 0 spiro atoms. The van der Waals surface area contributed by atoms with Gasteiger partial charge in [-0.15, -0.1) is 0 Å². The quantitative estimate of drug-likeness (QED) is 0.562. The van der Waals surface area contributed by atoms with Crippen LogP contribution in [0.3, 0.4) is 0 Å². The van der Waals surface area contributed by atoms with Crippen molar-refractivity contribution in [2.75, 3.05) is 13.2 Å². The predicted octanol–water partition coefficient (Wildman–Crippen LogP) is 3.30. The van der Waals surface area contributed by atoms with Crippen LogP contribution in [0.4, 0.5) is 0 Å². The van der Waals surface area contributed by atoms with Gasteiger partial charge in [0.25, 0.3) is 0 Å². The first kappa shape index (κ1) is 23.3. The zero-order valence-electron chi connectivity index (χ0n) is 14.6. The minimum Gasteiger partial charge on any atom is -0.478 e. The molecule has 0 amide bonds. The molecule has 0 radical (unpaired) electrons. The molecule has 142 valence electrons. The number of carbonyl (C=O) groups is 2. The molecular weight excluding hydrogens is 336 g/mol. The Morgan fingerprint density at radius 1 is 0.577 bits per heavy atom. The fourth-order valence-corrected chi connectivity index (χ4v) is 1.74. The summed E-state index contributed by atoms with van der Waals surface area (Å²) < 4.78 is 0. The summed E-state index contributed by atoms with van der Waals surface area (Å²) in [6.07, 6.45) is 3.83. The van der Waals surface area contributed by atoms with Crippen molar-refractivity contribution in [3.8, 4) is 0 Å². The van der Waals surface area contributed by atoms with Crippen molar-refractivity contribution in [3.63, 3.8) is 0 Å². The van der Waals surface area contributed by atoms with Gasteiger partial charge in [-0.3, -0.25) is 0 Å². The van der Waals surface area contributed by atoms with Gasteiger partial charge in [0.05, 0.1) is 11.1 Å². The van der Waals surface area contributed by atoms with E-state index in [4.69, 9.17) is 20.4 Å². The Hall–Kier alpha value is -2.70. The highest BCUT2D eigenvalue weighted by molar-refractivity contribution is 5.87. The standard InChI is InChI=1S/2C7H6O2.C6H14O2/c2*8-7(9)6-4-2-1-3-5-6;7-5-3-1-2-4-6-8/h2*1-5H,(H,8,9);7-8H,1-6H2. The molecule has 0 atom stereocenters. The third-order valence-corrected chi connectivity index (χ3v) is 3.11.